The van der Waals surface area contributed by atoms with Crippen LogP contribution >= 0.6 is 0 Å². The average molecular weight is 497 g/mol. The summed E-state index contributed by atoms with van der Waals surface area (Å²) in [5, 5.41) is 14.1. The third-order valence-corrected chi connectivity index (χ3v) is 6.59. The lowest BCUT2D eigenvalue weighted by molar-refractivity contribution is 0.393. The molecule has 1 aromatic carbocycles. The number of hydrogen-bond donors (Lipinski definition) is 1. The molecule has 0 unspecified atom stereocenters. The highest BCUT2D eigenvalue weighted by molar-refractivity contribution is 5.69. The van der Waals surface area contributed by atoms with Gasteiger partial charge in [-0.05, 0) is 78.9 Å². The van der Waals surface area contributed by atoms with Crippen molar-refractivity contribution >= 4 is 0 Å². The van der Waals surface area contributed by atoms with Gasteiger partial charge in [0.15, 0.2) is 5.82 Å². The molecule has 1 N–H and O–H groups in total. The summed E-state index contributed by atoms with van der Waals surface area (Å²) in [6, 6.07) is 14.0. The van der Waals surface area contributed by atoms with Crippen LogP contribution in [-0.2, 0) is 18.5 Å². The summed E-state index contributed by atoms with van der Waals surface area (Å²) < 4.78 is 5.82. The summed E-state index contributed by atoms with van der Waals surface area (Å²) in [6.45, 7) is 9.04. The summed E-state index contributed by atoms with van der Waals surface area (Å²) >= 11 is 0. The zero-order chi connectivity index (χ0) is 26.0. The Labute approximate surface area is 215 Å². The van der Waals surface area contributed by atoms with Crippen LogP contribution in [0.25, 0.3) is 28.3 Å². The Balaban J connectivity index is 1.54. The van der Waals surface area contributed by atoms with Crippen LogP contribution in [0.1, 0.15) is 51.8 Å². The fourth-order valence-corrected chi connectivity index (χ4v) is 4.65. The van der Waals surface area contributed by atoms with Gasteiger partial charge >= 0.3 is 5.69 Å². The molecule has 0 saturated carbocycles. The van der Waals surface area contributed by atoms with Crippen LogP contribution < -0.4 is 5.69 Å². The minimum Gasteiger partial charge on any atom is -0.329 e. The monoisotopic (exact) mass is 496 g/mol. The Hall–Kier alpha value is -4.27. The zero-order valence-electron chi connectivity index (χ0n) is 21.7. The first kappa shape index (κ1) is 24.4. The first-order chi connectivity index (χ1) is 17.9. The van der Waals surface area contributed by atoms with Crippen molar-refractivity contribution in [3.05, 3.63) is 89.0 Å². The van der Waals surface area contributed by atoms with Gasteiger partial charge in [0, 0.05) is 41.6 Å². The molecular formula is C28H32N8O. The Kier molecular flexibility index (Phi) is 6.60. The SMILES string of the molecule is CCCCc1cn(-c2cccn2C(C)(C)C)c(=O)n1Cc1cnccc1-c1ccc(-c2nnn[nH]2)cc1. The van der Waals surface area contributed by atoms with Crippen LogP contribution in [0.2, 0.25) is 0 Å². The van der Waals surface area contributed by atoms with E-state index in [0.717, 1.165) is 53.0 Å². The van der Waals surface area contributed by atoms with Crippen molar-refractivity contribution in [1.82, 2.24) is 39.3 Å². The van der Waals surface area contributed by atoms with Crippen molar-refractivity contribution in [2.24, 2.45) is 0 Å². The maximum Gasteiger partial charge on any atom is 0.334 e. The van der Waals surface area contributed by atoms with Crippen LogP contribution in [0, 0.1) is 0 Å². The molecule has 4 heterocycles. The standard InChI is InChI=1S/C28H32N8O/c1-5-6-8-23-19-35(25-9-7-16-36(25)28(2,3)4)27(37)34(23)18-22-17-29-15-14-24(22)20-10-12-21(13-11-20)26-30-32-33-31-26/h7,9-17,19H,5-6,8,18H2,1-4H3,(H,30,31,32,33). The van der Waals surface area contributed by atoms with E-state index >= 15 is 0 Å². The first-order valence-electron chi connectivity index (χ1n) is 12.6. The summed E-state index contributed by atoms with van der Waals surface area (Å²) in [5.41, 5.74) is 4.81. The fourth-order valence-electron chi connectivity index (χ4n) is 4.65. The molecule has 0 aliphatic heterocycles. The summed E-state index contributed by atoms with van der Waals surface area (Å²) in [7, 11) is 0. The van der Waals surface area contributed by atoms with Crippen LogP contribution in [0.15, 0.2) is 72.0 Å². The minimum atomic E-state index is -0.144. The smallest absolute Gasteiger partial charge is 0.329 e. The number of hydrogen-bond acceptors (Lipinski definition) is 5. The average Bonchev–Trinajstić information content (AvgIpc) is 3.65. The maximum atomic E-state index is 13.8. The molecule has 0 bridgehead atoms. The van der Waals surface area contributed by atoms with Crippen molar-refractivity contribution < 1.29 is 0 Å². The largest absolute Gasteiger partial charge is 0.334 e. The molecule has 0 amide bonds. The third-order valence-electron chi connectivity index (χ3n) is 6.59. The van der Waals surface area contributed by atoms with Crippen molar-refractivity contribution in [3.8, 4) is 28.3 Å². The Morgan fingerprint density at radius 2 is 1.81 bits per heavy atom. The first-order valence-corrected chi connectivity index (χ1v) is 12.6. The van der Waals surface area contributed by atoms with Gasteiger partial charge in [0.1, 0.15) is 5.82 Å². The number of H-pyrrole nitrogens is 1. The number of unbranched alkanes of at least 4 members (excludes halogenated alkanes) is 1. The molecule has 9 heteroatoms. The molecule has 4 aromatic heterocycles. The highest BCUT2D eigenvalue weighted by Crippen LogP contribution is 2.27. The Morgan fingerprint density at radius 3 is 2.51 bits per heavy atom. The number of pyridine rings is 1. The summed E-state index contributed by atoms with van der Waals surface area (Å²) in [4.78, 5) is 18.2. The van der Waals surface area contributed by atoms with Gasteiger partial charge in [-0.1, -0.05) is 37.6 Å². The van der Waals surface area contributed by atoms with E-state index in [2.05, 4.69) is 57.9 Å². The third kappa shape index (κ3) is 4.89. The van der Waals surface area contributed by atoms with Gasteiger partial charge in [0.25, 0.3) is 0 Å². The summed E-state index contributed by atoms with van der Waals surface area (Å²) in [5.74, 6) is 1.49. The number of rotatable bonds is 8. The Bertz CT molecular complexity index is 1530. The van der Waals surface area contributed by atoms with E-state index in [9.17, 15) is 4.79 Å². The molecule has 5 aromatic rings. The molecule has 0 saturated heterocycles. The number of aromatic amines is 1. The van der Waals surface area contributed by atoms with Crippen molar-refractivity contribution in [2.75, 3.05) is 0 Å². The molecule has 0 aliphatic carbocycles. The van der Waals surface area contributed by atoms with Crippen molar-refractivity contribution in [1.29, 1.82) is 0 Å². The Morgan fingerprint density at radius 1 is 1.03 bits per heavy atom. The minimum absolute atomic E-state index is 0.0433. The van der Waals surface area contributed by atoms with Crippen LogP contribution in [0.3, 0.4) is 0 Å². The van der Waals surface area contributed by atoms with Crippen molar-refractivity contribution in [2.45, 2.75) is 59.0 Å². The maximum absolute atomic E-state index is 13.8. The number of nitrogens with one attached hydrogen (secondary N) is 1. The van der Waals surface area contributed by atoms with Crippen molar-refractivity contribution in [3.63, 3.8) is 0 Å². The molecule has 0 atom stereocenters. The second-order valence-corrected chi connectivity index (χ2v) is 10.2. The van der Waals surface area contributed by atoms with Crippen LogP contribution in [-0.4, -0.2) is 39.3 Å². The fraction of sp³-hybridized carbons (Fsp3) is 0.321. The second kappa shape index (κ2) is 10.0. The molecule has 0 spiro atoms. The van der Waals surface area contributed by atoms with E-state index in [0.29, 0.717) is 12.4 Å². The van der Waals surface area contributed by atoms with E-state index in [1.54, 1.807) is 10.8 Å². The quantitative estimate of drug-likeness (QED) is 0.332. The number of benzene rings is 1. The normalized spacial score (nSPS) is 11.8. The lowest BCUT2D eigenvalue weighted by Gasteiger charge is -2.24. The molecule has 37 heavy (non-hydrogen) atoms. The van der Waals surface area contributed by atoms with Gasteiger partial charge in [0.2, 0.25) is 0 Å². The van der Waals surface area contributed by atoms with Crippen LogP contribution in [0.4, 0.5) is 0 Å². The van der Waals surface area contributed by atoms with Gasteiger partial charge in [-0.2, -0.15) is 0 Å². The molecular weight excluding hydrogens is 464 g/mol. The predicted octanol–water partition coefficient (Wildman–Crippen LogP) is 4.83. The van der Waals surface area contributed by atoms with Gasteiger partial charge in [0.05, 0.1) is 6.54 Å². The molecule has 0 fully saturated rings. The summed E-state index contributed by atoms with van der Waals surface area (Å²) in [6.07, 6.45) is 10.6. The highest BCUT2D eigenvalue weighted by Gasteiger charge is 2.21. The van der Waals surface area contributed by atoms with E-state index in [-0.39, 0.29) is 11.2 Å². The predicted molar refractivity (Wildman–Crippen MR) is 144 cm³/mol. The van der Waals surface area contributed by atoms with Gasteiger partial charge in [-0.25, -0.2) is 9.89 Å². The number of imidazole rings is 1. The van der Waals surface area contributed by atoms with Gasteiger partial charge < -0.3 is 4.57 Å². The molecule has 9 nitrogen and oxygen atoms in total. The second-order valence-electron chi connectivity index (χ2n) is 10.2. The lowest BCUT2D eigenvalue weighted by Crippen LogP contribution is -2.29. The van der Waals surface area contributed by atoms with Gasteiger partial charge in [-0.15, -0.1) is 5.10 Å². The lowest BCUT2D eigenvalue weighted by atomic mass is 10.00. The molecule has 0 radical (unpaired) electrons. The number of tetrazole rings is 1. The van der Waals surface area contributed by atoms with E-state index in [1.807, 2.05) is 65.6 Å². The topological polar surface area (TPSA) is 99.2 Å². The zero-order valence-corrected chi connectivity index (χ0v) is 21.7. The number of aryl methyl sites for hydroxylation is 1. The molecule has 190 valence electrons. The van der Waals surface area contributed by atoms with Crippen LogP contribution in [0.5, 0.6) is 0 Å². The molecule has 0 aliphatic rings. The van der Waals surface area contributed by atoms with E-state index in [1.165, 1.54) is 0 Å². The van der Waals surface area contributed by atoms with E-state index < -0.39 is 0 Å². The molecule has 5 rings (SSSR count). The highest BCUT2D eigenvalue weighted by atomic mass is 16.1. The number of aromatic nitrogens is 8. The van der Waals surface area contributed by atoms with Gasteiger partial charge in [-0.3, -0.25) is 14.1 Å². The van der Waals surface area contributed by atoms with E-state index in [4.69, 9.17) is 0 Å². The number of nitrogens with zero attached hydrogens (tertiary/aromatic N) is 7.